The lowest BCUT2D eigenvalue weighted by molar-refractivity contribution is -0.140. The molecule has 0 unspecified atom stereocenters. The third-order valence-corrected chi connectivity index (χ3v) is 6.39. The number of aromatic nitrogens is 4. The first-order chi connectivity index (χ1) is 17.2. The molecular formula is C24H15F5N4O3. The fourth-order valence-electron chi connectivity index (χ4n) is 4.68. The molecule has 0 spiro atoms. The standard InChI is InChI=1S/C24H15F5N4O3/c25-16-7-17(26)15(24(27,28)29)4-10(16)3-11(34)5-14-19-13-6-12(1-2-18(13)36-21(14)19)35-23-20-22(31-8-30-20)32-9-33-23/h1-2,4,6-9,14,19,21H,3,5H2,(H,30,31,32,33)/t14-,19-,21+/m0/s1. The van der Waals surface area contributed by atoms with Crippen molar-refractivity contribution in [3.63, 3.8) is 0 Å². The summed E-state index contributed by atoms with van der Waals surface area (Å²) in [6, 6.07) is 5.75. The number of alkyl halides is 3. The second-order valence-electron chi connectivity index (χ2n) is 8.69. The summed E-state index contributed by atoms with van der Waals surface area (Å²) in [6.07, 6.45) is -3.04. The van der Waals surface area contributed by atoms with Crippen LogP contribution in [-0.2, 0) is 17.4 Å². The molecule has 1 aliphatic heterocycles. The van der Waals surface area contributed by atoms with Crippen LogP contribution in [-0.4, -0.2) is 31.8 Å². The normalized spacial score (nSPS) is 20.1. The Bertz CT molecular complexity index is 1520. The first-order valence-corrected chi connectivity index (χ1v) is 10.9. The maximum atomic E-state index is 14.0. The van der Waals surface area contributed by atoms with Crippen molar-refractivity contribution in [2.45, 2.75) is 31.0 Å². The van der Waals surface area contributed by atoms with Crippen LogP contribution in [0.4, 0.5) is 22.0 Å². The predicted octanol–water partition coefficient (Wildman–Crippen LogP) is 5.12. The Morgan fingerprint density at radius 2 is 1.92 bits per heavy atom. The van der Waals surface area contributed by atoms with E-state index in [1.54, 1.807) is 18.2 Å². The first kappa shape index (κ1) is 22.4. The van der Waals surface area contributed by atoms with Crippen LogP contribution in [0, 0.1) is 17.6 Å². The Morgan fingerprint density at radius 3 is 2.72 bits per heavy atom. The molecule has 1 saturated carbocycles. The average molecular weight is 502 g/mol. The zero-order valence-electron chi connectivity index (χ0n) is 18.1. The van der Waals surface area contributed by atoms with Crippen molar-refractivity contribution in [2.75, 3.05) is 0 Å². The van der Waals surface area contributed by atoms with Crippen LogP contribution in [0.1, 0.15) is 29.0 Å². The average Bonchev–Trinajstić information content (AvgIpc) is 3.14. The number of carbonyl (C=O) groups is 1. The molecule has 2 aromatic heterocycles. The van der Waals surface area contributed by atoms with Crippen LogP contribution in [0.3, 0.4) is 0 Å². The van der Waals surface area contributed by atoms with Gasteiger partial charge in [-0.3, -0.25) is 4.79 Å². The molecule has 0 radical (unpaired) electrons. The number of hydrogen-bond acceptors (Lipinski definition) is 6. The molecule has 1 N–H and O–H groups in total. The molecule has 7 nitrogen and oxygen atoms in total. The number of ether oxygens (including phenoxy) is 2. The van der Waals surface area contributed by atoms with E-state index in [9.17, 15) is 26.7 Å². The van der Waals surface area contributed by atoms with Gasteiger partial charge in [0.05, 0.1) is 11.9 Å². The molecule has 3 heterocycles. The highest BCUT2D eigenvalue weighted by molar-refractivity contribution is 5.82. The molecule has 1 fully saturated rings. The lowest BCUT2D eigenvalue weighted by Crippen LogP contribution is -2.13. The smallest absolute Gasteiger partial charge is 0.419 e. The largest absolute Gasteiger partial charge is 0.489 e. The van der Waals surface area contributed by atoms with E-state index in [0.29, 0.717) is 28.7 Å². The van der Waals surface area contributed by atoms with Crippen LogP contribution in [0.15, 0.2) is 43.0 Å². The molecule has 2 aromatic carbocycles. The number of imidazole rings is 1. The Kier molecular flexibility index (Phi) is 4.95. The van der Waals surface area contributed by atoms with Crippen molar-refractivity contribution in [3.05, 3.63) is 71.3 Å². The number of Topliss-reactive ketones (excluding diaryl/α,β-unsaturated/α-hetero) is 1. The number of H-pyrrole nitrogens is 1. The molecule has 2 aliphatic rings. The van der Waals surface area contributed by atoms with Gasteiger partial charge in [-0.1, -0.05) is 0 Å². The number of halogens is 5. The summed E-state index contributed by atoms with van der Waals surface area (Å²) in [5.41, 5.74) is -0.283. The molecule has 0 bridgehead atoms. The van der Waals surface area contributed by atoms with Gasteiger partial charge in [0.15, 0.2) is 5.65 Å². The summed E-state index contributed by atoms with van der Waals surface area (Å²) in [4.78, 5) is 27.7. The van der Waals surface area contributed by atoms with Crippen molar-refractivity contribution >= 4 is 16.9 Å². The SMILES string of the molecule is O=C(Cc1cc(C(F)(F)F)c(F)cc1F)C[C@@H]1[C@H]2Oc3ccc(Oc4ncnc5nc[nH]c45)cc3[C@@H]12. The summed E-state index contributed by atoms with van der Waals surface area (Å²) < 4.78 is 78.2. The van der Waals surface area contributed by atoms with E-state index in [-0.39, 0.29) is 36.3 Å². The third kappa shape index (κ3) is 3.82. The summed E-state index contributed by atoms with van der Waals surface area (Å²) >= 11 is 0. The second kappa shape index (κ2) is 7.97. The monoisotopic (exact) mass is 502 g/mol. The molecular weight excluding hydrogens is 487 g/mol. The van der Waals surface area contributed by atoms with E-state index < -0.39 is 41.1 Å². The van der Waals surface area contributed by atoms with Gasteiger partial charge in [0.2, 0.25) is 5.88 Å². The van der Waals surface area contributed by atoms with Crippen LogP contribution >= 0.6 is 0 Å². The summed E-state index contributed by atoms with van der Waals surface area (Å²) in [5.74, 6) is -2.26. The Balaban J connectivity index is 1.15. The third-order valence-electron chi connectivity index (χ3n) is 6.39. The molecule has 6 rings (SSSR count). The van der Waals surface area contributed by atoms with E-state index >= 15 is 0 Å². The van der Waals surface area contributed by atoms with Crippen LogP contribution in [0.25, 0.3) is 11.2 Å². The van der Waals surface area contributed by atoms with Crippen molar-refractivity contribution in [1.29, 1.82) is 0 Å². The topological polar surface area (TPSA) is 90.0 Å². The van der Waals surface area contributed by atoms with E-state index in [0.717, 1.165) is 5.56 Å². The minimum atomic E-state index is -4.99. The number of hydrogen-bond donors (Lipinski definition) is 1. The lowest BCUT2D eigenvalue weighted by atomic mass is 9.99. The van der Waals surface area contributed by atoms with E-state index in [1.807, 2.05) is 0 Å². The van der Waals surface area contributed by atoms with Crippen LogP contribution < -0.4 is 9.47 Å². The number of rotatable bonds is 6. The van der Waals surface area contributed by atoms with Crippen LogP contribution in [0.2, 0.25) is 0 Å². The molecule has 12 heteroatoms. The fourth-order valence-corrected chi connectivity index (χ4v) is 4.68. The quantitative estimate of drug-likeness (QED) is 0.368. The molecule has 4 aromatic rings. The Hall–Kier alpha value is -4.09. The van der Waals surface area contributed by atoms with Gasteiger partial charge < -0.3 is 14.5 Å². The van der Waals surface area contributed by atoms with Gasteiger partial charge in [-0.25, -0.2) is 18.7 Å². The predicted molar refractivity (Wildman–Crippen MR) is 114 cm³/mol. The molecule has 0 saturated heterocycles. The van der Waals surface area contributed by atoms with E-state index in [1.165, 1.54) is 12.7 Å². The Labute approximate surface area is 199 Å². The maximum absolute atomic E-state index is 14.0. The summed E-state index contributed by atoms with van der Waals surface area (Å²) in [6.45, 7) is 0. The highest BCUT2D eigenvalue weighted by Crippen LogP contribution is 2.60. The number of nitrogens with one attached hydrogen (secondary N) is 1. The van der Waals surface area contributed by atoms with Gasteiger partial charge in [0.25, 0.3) is 0 Å². The van der Waals surface area contributed by atoms with Gasteiger partial charge in [-0.15, -0.1) is 0 Å². The number of aromatic amines is 1. The van der Waals surface area contributed by atoms with E-state index in [2.05, 4.69) is 19.9 Å². The molecule has 184 valence electrons. The van der Waals surface area contributed by atoms with Gasteiger partial charge in [0.1, 0.15) is 46.9 Å². The minimum Gasteiger partial charge on any atom is -0.489 e. The summed E-state index contributed by atoms with van der Waals surface area (Å²) in [7, 11) is 0. The second-order valence-corrected chi connectivity index (χ2v) is 8.69. The number of ketones is 1. The fraction of sp³-hybridized carbons (Fsp3) is 0.250. The minimum absolute atomic E-state index is 0.0152. The van der Waals surface area contributed by atoms with Gasteiger partial charge >= 0.3 is 6.18 Å². The molecule has 0 amide bonds. The Morgan fingerprint density at radius 1 is 1.08 bits per heavy atom. The number of fused-ring (bicyclic) bond motifs is 4. The van der Waals surface area contributed by atoms with Crippen molar-refractivity contribution in [2.24, 2.45) is 5.92 Å². The van der Waals surface area contributed by atoms with Gasteiger partial charge in [-0.05, 0) is 29.8 Å². The number of carbonyl (C=O) groups excluding carboxylic acids is 1. The van der Waals surface area contributed by atoms with Crippen molar-refractivity contribution < 1.29 is 36.2 Å². The highest BCUT2D eigenvalue weighted by atomic mass is 19.4. The summed E-state index contributed by atoms with van der Waals surface area (Å²) in [5, 5.41) is 0. The van der Waals surface area contributed by atoms with Gasteiger partial charge in [0, 0.05) is 36.3 Å². The van der Waals surface area contributed by atoms with E-state index in [4.69, 9.17) is 9.47 Å². The molecule has 36 heavy (non-hydrogen) atoms. The van der Waals surface area contributed by atoms with Gasteiger partial charge in [-0.2, -0.15) is 18.2 Å². The van der Waals surface area contributed by atoms with Crippen LogP contribution in [0.5, 0.6) is 17.4 Å². The number of nitrogens with zero attached hydrogens (tertiary/aromatic N) is 3. The zero-order chi connectivity index (χ0) is 25.2. The van der Waals surface area contributed by atoms with Crippen molar-refractivity contribution in [1.82, 2.24) is 19.9 Å². The zero-order valence-corrected chi connectivity index (χ0v) is 18.1. The molecule has 3 atom stereocenters. The first-order valence-electron chi connectivity index (χ1n) is 10.9. The maximum Gasteiger partial charge on any atom is 0.419 e. The number of benzene rings is 2. The molecule has 1 aliphatic carbocycles. The lowest BCUT2D eigenvalue weighted by Gasteiger charge is -2.12. The van der Waals surface area contributed by atoms with Crippen molar-refractivity contribution in [3.8, 4) is 17.4 Å². The highest BCUT2D eigenvalue weighted by Gasteiger charge is 2.59.